The van der Waals surface area contributed by atoms with Crippen molar-refractivity contribution in [2.75, 3.05) is 13.1 Å². The first-order chi connectivity index (χ1) is 5.54. The van der Waals surface area contributed by atoms with Gasteiger partial charge in [-0.3, -0.25) is 0 Å². The average Bonchev–Trinajstić information content (AvgIpc) is 2.03. The molecule has 3 heteroatoms. The first-order valence-electron chi connectivity index (χ1n) is 4.61. The standard InChI is InChI=1S/C9H20ClNO/c1-4-9(10,5-2)7-11-6-8(3)12/h8,11-12H,4-7H2,1-3H3. The minimum Gasteiger partial charge on any atom is -0.392 e. The van der Waals surface area contributed by atoms with E-state index in [9.17, 15) is 0 Å². The van der Waals surface area contributed by atoms with Crippen LogP contribution in [0.2, 0.25) is 0 Å². The molecular formula is C9H20ClNO. The SMILES string of the molecule is CCC(Cl)(CC)CNCC(C)O. The van der Waals surface area contributed by atoms with E-state index >= 15 is 0 Å². The van der Waals surface area contributed by atoms with E-state index in [1.165, 1.54) is 0 Å². The Morgan fingerprint density at radius 2 is 1.92 bits per heavy atom. The van der Waals surface area contributed by atoms with Gasteiger partial charge in [0.15, 0.2) is 0 Å². The molecule has 1 unspecified atom stereocenters. The van der Waals surface area contributed by atoms with Crippen molar-refractivity contribution in [2.24, 2.45) is 0 Å². The molecule has 2 N–H and O–H groups in total. The summed E-state index contributed by atoms with van der Waals surface area (Å²) in [5.74, 6) is 0. The van der Waals surface area contributed by atoms with Crippen LogP contribution in [0.1, 0.15) is 33.6 Å². The Morgan fingerprint density at radius 3 is 2.25 bits per heavy atom. The molecule has 0 heterocycles. The van der Waals surface area contributed by atoms with Gasteiger partial charge in [-0.25, -0.2) is 0 Å². The van der Waals surface area contributed by atoms with Gasteiger partial charge in [-0.2, -0.15) is 0 Å². The zero-order valence-corrected chi connectivity index (χ0v) is 8.99. The van der Waals surface area contributed by atoms with E-state index in [4.69, 9.17) is 16.7 Å². The number of nitrogens with one attached hydrogen (secondary N) is 1. The van der Waals surface area contributed by atoms with Crippen LogP contribution >= 0.6 is 11.6 Å². The summed E-state index contributed by atoms with van der Waals surface area (Å²) in [4.78, 5) is -0.130. The zero-order chi connectivity index (χ0) is 9.61. The largest absolute Gasteiger partial charge is 0.392 e. The molecule has 0 aliphatic rings. The molecule has 74 valence electrons. The Kier molecular flexibility index (Phi) is 5.89. The van der Waals surface area contributed by atoms with E-state index in [1.807, 2.05) is 0 Å². The van der Waals surface area contributed by atoms with Crippen LogP contribution in [0, 0.1) is 0 Å². The van der Waals surface area contributed by atoms with E-state index in [1.54, 1.807) is 6.92 Å². The third-order valence-electron chi connectivity index (χ3n) is 2.15. The average molecular weight is 194 g/mol. The summed E-state index contributed by atoms with van der Waals surface area (Å²) in [6, 6.07) is 0. The van der Waals surface area contributed by atoms with E-state index in [0.29, 0.717) is 6.54 Å². The number of rotatable bonds is 6. The van der Waals surface area contributed by atoms with Crippen molar-refractivity contribution in [2.45, 2.75) is 44.6 Å². The summed E-state index contributed by atoms with van der Waals surface area (Å²) in [6.45, 7) is 7.32. The van der Waals surface area contributed by atoms with Crippen molar-refractivity contribution in [1.29, 1.82) is 0 Å². The van der Waals surface area contributed by atoms with Gasteiger partial charge < -0.3 is 10.4 Å². The smallest absolute Gasteiger partial charge is 0.0636 e. The number of hydrogen-bond donors (Lipinski definition) is 2. The maximum Gasteiger partial charge on any atom is 0.0636 e. The van der Waals surface area contributed by atoms with Gasteiger partial charge in [0.1, 0.15) is 0 Å². The van der Waals surface area contributed by atoms with Gasteiger partial charge in [0.25, 0.3) is 0 Å². The highest BCUT2D eigenvalue weighted by atomic mass is 35.5. The fourth-order valence-electron chi connectivity index (χ4n) is 1.01. The second-order valence-corrected chi connectivity index (χ2v) is 4.14. The van der Waals surface area contributed by atoms with E-state index in [2.05, 4.69) is 19.2 Å². The molecule has 0 saturated heterocycles. The second-order valence-electron chi connectivity index (χ2n) is 3.34. The molecule has 0 radical (unpaired) electrons. The molecule has 0 saturated carbocycles. The monoisotopic (exact) mass is 193 g/mol. The first-order valence-corrected chi connectivity index (χ1v) is 4.99. The normalized spacial score (nSPS) is 14.8. The molecule has 0 rings (SSSR count). The van der Waals surface area contributed by atoms with Crippen LogP contribution in [0.15, 0.2) is 0 Å². The highest BCUT2D eigenvalue weighted by Gasteiger charge is 2.21. The lowest BCUT2D eigenvalue weighted by molar-refractivity contribution is 0.189. The van der Waals surface area contributed by atoms with Crippen molar-refractivity contribution in [3.8, 4) is 0 Å². The fraction of sp³-hybridized carbons (Fsp3) is 1.00. The first kappa shape index (κ1) is 12.2. The van der Waals surface area contributed by atoms with Crippen LogP contribution < -0.4 is 5.32 Å². The van der Waals surface area contributed by atoms with E-state index in [0.717, 1.165) is 19.4 Å². The van der Waals surface area contributed by atoms with Gasteiger partial charge in [0.2, 0.25) is 0 Å². The molecule has 2 nitrogen and oxygen atoms in total. The number of halogens is 1. The Balaban J connectivity index is 3.58. The Hall–Kier alpha value is 0.210. The zero-order valence-electron chi connectivity index (χ0n) is 8.23. The Morgan fingerprint density at radius 1 is 1.42 bits per heavy atom. The summed E-state index contributed by atoms with van der Waals surface area (Å²) in [5.41, 5.74) is 0. The minimum atomic E-state index is -0.292. The molecule has 0 spiro atoms. The predicted octanol–water partition coefficient (Wildman–Crippen LogP) is 1.75. The van der Waals surface area contributed by atoms with Gasteiger partial charge in [-0.15, -0.1) is 11.6 Å². The van der Waals surface area contributed by atoms with Crippen molar-refractivity contribution in [1.82, 2.24) is 5.32 Å². The van der Waals surface area contributed by atoms with Crippen molar-refractivity contribution in [3.05, 3.63) is 0 Å². The molecule has 12 heavy (non-hydrogen) atoms. The molecule has 0 fully saturated rings. The lowest BCUT2D eigenvalue weighted by Crippen LogP contribution is -2.37. The van der Waals surface area contributed by atoms with Crippen molar-refractivity contribution in [3.63, 3.8) is 0 Å². The van der Waals surface area contributed by atoms with Crippen molar-refractivity contribution >= 4 is 11.6 Å². The van der Waals surface area contributed by atoms with E-state index < -0.39 is 0 Å². The van der Waals surface area contributed by atoms with E-state index in [-0.39, 0.29) is 11.0 Å². The van der Waals surface area contributed by atoms with Gasteiger partial charge in [-0.1, -0.05) is 13.8 Å². The summed E-state index contributed by atoms with van der Waals surface area (Å²) in [7, 11) is 0. The van der Waals surface area contributed by atoms with Crippen LogP contribution in [0.5, 0.6) is 0 Å². The lowest BCUT2D eigenvalue weighted by Gasteiger charge is -2.24. The van der Waals surface area contributed by atoms with Gasteiger partial charge >= 0.3 is 0 Å². The summed E-state index contributed by atoms with van der Waals surface area (Å²) in [5, 5.41) is 12.1. The highest BCUT2D eigenvalue weighted by Crippen LogP contribution is 2.22. The summed E-state index contributed by atoms with van der Waals surface area (Å²) >= 11 is 6.25. The van der Waals surface area contributed by atoms with Crippen LogP contribution in [-0.4, -0.2) is 29.2 Å². The predicted molar refractivity (Wildman–Crippen MR) is 53.7 cm³/mol. The summed E-state index contributed by atoms with van der Waals surface area (Å²) < 4.78 is 0. The molecule has 0 aliphatic heterocycles. The lowest BCUT2D eigenvalue weighted by atomic mass is 10.0. The Bertz CT molecular complexity index is 113. The fourth-order valence-corrected chi connectivity index (χ4v) is 1.10. The molecule has 0 aromatic rings. The van der Waals surface area contributed by atoms with Crippen molar-refractivity contribution < 1.29 is 5.11 Å². The summed E-state index contributed by atoms with van der Waals surface area (Å²) in [6.07, 6.45) is 1.62. The third kappa shape index (κ3) is 4.96. The number of alkyl halides is 1. The third-order valence-corrected chi connectivity index (χ3v) is 2.82. The molecule has 0 aromatic heterocycles. The molecule has 0 amide bonds. The Labute approximate surface area is 80.3 Å². The maximum absolute atomic E-state index is 8.99. The van der Waals surface area contributed by atoms with Crippen LogP contribution in [0.25, 0.3) is 0 Å². The highest BCUT2D eigenvalue weighted by molar-refractivity contribution is 6.24. The van der Waals surface area contributed by atoms with Gasteiger partial charge in [0.05, 0.1) is 11.0 Å². The molecule has 1 atom stereocenters. The van der Waals surface area contributed by atoms with Gasteiger partial charge in [0, 0.05) is 13.1 Å². The number of aliphatic hydroxyl groups is 1. The minimum absolute atomic E-state index is 0.130. The van der Waals surface area contributed by atoms with Crippen LogP contribution in [0.4, 0.5) is 0 Å². The maximum atomic E-state index is 8.99. The molecule has 0 aliphatic carbocycles. The topological polar surface area (TPSA) is 32.3 Å². The molecule has 0 bridgehead atoms. The van der Waals surface area contributed by atoms with Crippen LogP contribution in [-0.2, 0) is 0 Å². The molecule has 0 aromatic carbocycles. The number of hydrogen-bond acceptors (Lipinski definition) is 2. The van der Waals surface area contributed by atoms with Gasteiger partial charge in [-0.05, 0) is 19.8 Å². The molecular weight excluding hydrogens is 174 g/mol. The number of aliphatic hydroxyl groups excluding tert-OH is 1. The van der Waals surface area contributed by atoms with Crippen LogP contribution in [0.3, 0.4) is 0 Å². The second kappa shape index (κ2) is 5.79. The quantitative estimate of drug-likeness (QED) is 0.631.